The van der Waals surface area contributed by atoms with Gasteiger partial charge in [0.2, 0.25) is 5.91 Å². The van der Waals surface area contributed by atoms with Gasteiger partial charge in [-0.1, -0.05) is 54.6 Å². The molecule has 0 saturated heterocycles. The molecule has 0 radical (unpaired) electrons. The Balaban J connectivity index is 1.76. The third kappa shape index (κ3) is 2.56. The number of hydrogen-bond donors (Lipinski definition) is 0. The maximum absolute atomic E-state index is 12.5. The van der Waals surface area contributed by atoms with E-state index in [2.05, 4.69) is 12.1 Å². The van der Waals surface area contributed by atoms with Crippen LogP contribution < -0.4 is 0 Å². The number of nitrogens with zero attached hydrogens (tertiary/aromatic N) is 1. The Kier molecular flexibility index (Phi) is 3.75. The molecule has 1 amide bonds. The van der Waals surface area contributed by atoms with E-state index in [9.17, 15) is 4.79 Å². The summed E-state index contributed by atoms with van der Waals surface area (Å²) in [6.45, 7) is 1.40. The minimum atomic E-state index is -0.596. The van der Waals surface area contributed by atoms with Crippen LogP contribution in [0, 0.1) is 0 Å². The van der Waals surface area contributed by atoms with Crippen molar-refractivity contribution in [2.75, 3.05) is 6.54 Å². The standard InChI is InChI=1S/C17H16ClNO/c18-16(14-7-2-1-3-8-14)17(20)19-11-10-13-6-4-5-9-15(13)12-19/h1-9,16H,10-12H2. The second kappa shape index (κ2) is 5.68. The fraction of sp³-hybridized carbons (Fsp3) is 0.235. The molecule has 3 heteroatoms. The zero-order valence-electron chi connectivity index (χ0n) is 11.1. The molecule has 0 aliphatic carbocycles. The van der Waals surface area contributed by atoms with Gasteiger partial charge in [0, 0.05) is 13.1 Å². The van der Waals surface area contributed by atoms with Crippen molar-refractivity contribution in [1.29, 1.82) is 0 Å². The molecule has 0 aromatic heterocycles. The highest BCUT2D eigenvalue weighted by atomic mass is 35.5. The molecule has 0 fully saturated rings. The van der Waals surface area contributed by atoms with Crippen molar-refractivity contribution in [2.45, 2.75) is 18.3 Å². The first-order chi connectivity index (χ1) is 9.75. The molecule has 1 aliphatic heterocycles. The number of alkyl halides is 1. The summed E-state index contributed by atoms with van der Waals surface area (Å²) in [6.07, 6.45) is 0.903. The number of halogens is 1. The van der Waals surface area contributed by atoms with Gasteiger partial charge in [-0.15, -0.1) is 11.6 Å². The van der Waals surface area contributed by atoms with Gasteiger partial charge < -0.3 is 4.90 Å². The zero-order chi connectivity index (χ0) is 13.9. The number of carbonyl (C=O) groups is 1. The summed E-state index contributed by atoms with van der Waals surface area (Å²) in [5.74, 6) is -0.00707. The average molecular weight is 286 g/mol. The van der Waals surface area contributed by atoms with Gasteiger partial charge in [-0.3, -0.25) is 4.79 Å². The van der Waals surface area contributed by atoms with Crippen LogP contribution in [-0.2, 0) is 17.8 Å². The second-order valence-corrected chi connectivity index (χ2v) is 5.49. The van der Waals surface area contributed by atoms with Crippen LogP contribution in [0.5, 0.6) is 0 Å². The molecule has 2 nitrogen and oxygen atoms in total. The molecule has 3 rings (SSSR count). The summed E-state index contributed by atoms with van der Waals surface area (Å²) in [7, 11) is 0. The van der Waals surface area contributed by atoms with E-state index in [0.717, 1.165) is 18.5 Å². The highest BCUT2D eigenvalue weighted by Crippen LogP contribution is 2.26. The van der Waals surface area contributed by atoms with E-state index in [4.69, 9.17) is 11.6 Å². The van der Waals surface area contributed by atoms with Crippen molar-refractivity contribution >= 4 is 17.5 Å². The molecule has 1 atom stereocenters. The van der Waals surface area contributed by atoms with Crippen LogP contribution in [0.15, 0.2) is 54.6 Å². The van der Waals surface area contributed by atoms with Crippen molar-refractivity contribution in [1.82, 2.24) is 4.90 Å². The number of hydrogen-bond acceptors (Lipinski definition) is 1. The summed E-state index contributed by atoms with van der Waals surface area (Å²) in [4.78, 5) is 14.4. The first-order valence-corrected chi connectivity index (χ1v) is 7.24. The Hall–Kier alpha value is -1.80. The van der Waals surface area contributed by atoms with Crippen molar-refractivity contribution < 1.29 is 4.79 Å². The lowest BCUT2D eigenvalue weighted by atomic mass is 9.99. The lowest BCUT2D eigenvalue weighted by Crippen LogP contribution is -2.37. The van der Waals surface area contributed by atoms with E-state index in [1.165, 1.54) is 11.1 Å². The largest absolute Gasteiger partial charge is 0.336 e. The SMILES string of the molecule is O=C(C(Cl)c1ccccc1)N1CCc2ccccc2C1. The Labute approximate surface area is 124 Å². The van der Waals surface area contributed by atoms with Gasteiger partial charge in [0.25, 0.3) is 0 Å². The number of carbonyl (C=O) groups excluding carboxylic acids is 1. The topological polar surface area (TPSA) is 20.3 Å². The van der Waals surface area contributed by atoms with Gasteiger partial charge in [0.15, 0.2) is 0 Å². The Morgan fingerprint density at radius 2 is 1.65 bits per heavy atom. The molecular formula is C17H16ClNO. The van der Waals surface area contributed by atoms with Gasteiger partial charge in [0.1, 0.15) is 5.38 Å². The van der Waals surface area contributed by atoms with Crippen molar-refractivity contribution in [3.63, 3.8) is 0 Å². The maximum Gasteiger partial charge on any atom is 0.245 e. The lowest BCUT2D eigenvalue weighted by molar-refractivity contribution is -0.131. The normalized spacial score (nSPS) is 15.6. The van der Waals surface area contributed by atoms with Gasteiger partial charge in [-0.25, -0.2) is 0 Å². The molecule has 102 valence electrons. The van der Waals surface area contributed by atoms with Gasteiger partial charge in [0.05, 0.1) is 0 Å². The molecule has 0 N–H and O–H groups in total. The Morgan fingerprint density at radius 1 is 1.00 bits per heavy atom. The quantitative estimate of drug-likeness (QED) is 0.773. The number of rotatable bonds is 2. The molecule has 0 saturated carbocycles. The van der Waals surface area contributed by atoms with E-state index in [1.807, 2.05) is 47.4 Å². The molecule has 20 heavy (non-hydrogen) atoms. The van der Waals surface area contributed by atoms with Gasteiger partial charge in [-0.05, 0) is 23.1 Å². The lowest BCUT2D eigenvalue weighted by Gasteiger charge is -2.30. The summed E-state index contributed by atoms with van der Waals surface area (Å²) in [5.41, 5.74) is 3.42. The third-order valence-corrected chi connectivity index (χ3v) is 4.19. The number of amides is 1. The molecule has 0 bridgehead atoms. The van der Waals surface area contributed by atoms with Crippen LogP contribution in [0.3, 0.4) is 0 Å². The molecule has 2 aromatic rings. The minimum absolute atomic E-state index is 0.00707. The van der Waals surface area contributed by atoms with Gasteiger partial charge >= 0.3 is 0 Å². The molecule has 1 heterocycles. The molecular weight excluding hydrogens is 270 g/mol. The smallest absolute Gasteiger partial charge is 0.245 e. The number of benzene rings is 2. The van der Waals surface area contributed by atoms with Crippen LogP contribution in [0.1, 0.15) is 22.1 Å². The summed E-state index contributed by atoms with van der Waals surface area (Å²) in [5, 5.41) is -0.596. The third-order valence-electron chi connectivity index (χ3n) is 3.75. The Bertz CT molecular complexity index is 611. The van der Waals surface area contributed by atoms with E-state index >= 15 is 0 Å². The maximum atomic E-state index is 12.5. The summed E-state index contributed by atoms with van der Waals surface area (Å²) < 4.78 is 0. The Morgan fingerprint density at radius 3 is 2.40 bits per heavy atom. The first kappa shape index (κ1) is 13.2. The fourth-order valence-corrected chi connectivity index (χ4v) is 2.89. The second-order valence-electron chi connectivity index (χ2n) is 5.05. The molecule has 0 spiro atoms. The molecule has 1 unspecified atom stereocenters. The van der Waals surface area contributed by atoms with Crippen molar-refractivity contribution in [3.05, 3.63) is 71.3 Å². The summed E-state index contributed by atoms with van der Waals surface area (Å²) in [6, 6.07) is 17.8. The zero-order valence-corrected chi connectivity index (χ0v) is 11.9. The van der Waals surface area contributed by atoms with Crippen LogP contribution in [-0.4, -0.2) is 17.4 Å². The molecule has 2 aromatic carbocycles. The predicted molar refractivity (Wildman–Crippen MR) is 80.6 cm³/mol. The van der Waals surface area contributed by atoms with Crippen molar-refractivity contribution in [2.24, 2.45) is 0 Å². The predicted octanol–water partition coefficient (Wildman–Crippen LogP) is 3.55. The van der Waals surface area contributed by atoms with Gasteiger partial charge in [-0.2, -0.15) is 0 Å². The van der Waals surface area contributed by atoms with E-state index in [-0.39, 0.29) is 5.91 Å². The van der Waals surface area contributed by atoms with Crippen LogP contribution in [0.25, 0.3) is 0 Å². The average Bonchev–Trinajstić information content (AvgIpc) is 2.54. The highest BCUT2D eigenvalue weighted by molar-refractivity contribution is 6.30. The van der Waals surface area contributed by atoms with Crippen LogP contribution >= 0.6 is 11.6 Å². The first-order valence-electron chi connectivity index (χ1n) is 6.80. The minimum Gasteiger partial charge on any atom is -0.336 e. The monoisotopic (exact) mass is 285 g/mol. The van der Waals surface area contributed by atoms with Crippen molar-refractivity contribution in [3.8, 4) is 0 Å². The van der Waals surface area contributed by atoms with Crippen LogP contribution in [0.4, 0.5) is 0 Å². The number of fused-ring (bicyclic) bond motifs is 1. The van der Waals surface area contributed by atoms with Crippen LogP contribution in [0.2, 0.25) is 0 Å². The van der Waals surface area contributed by atoms with E-state index in [0.29, 0.717) is 6.54 Å². The van der Waals surface area contributed by atoms with E-state index in [1.54, 1.807) is 0 Å². The van der Waals surface area contributed by atoms with E-state index < -0.39 is 5.38 Å². The molecule has 1 aliphatic rings. The fourth-order valence-electron chi connectivity index (χ4n) is 2.61. The highest BCUT2D eigenvalue weighted by Gasteiger charge is 2.26. The summed E-state index contributed by atoms with van der Waals surface area (Å²) >= 11 is 6.33.